The van der Waals surface area contributed by atoms with Gasteiger partial charge in [-0.15, -0.1) is 0 Å². The first-order valence-electron chi connectivity index (χ1n) is 11.0. The van der Waals surface area contributed by atoms with Gasteiger partial charge >= 0.3 is 18.0 Å². The van der Waals surface area contributed by atoms with Gasteiger partial charge in [-0.3, -0.25) is 9.63 Å². The Morgan fingerprint density at radius 3 is 2.32 bits per heavy atom. The van der Waals surface area contributed by atoms with Crippen LogP contribution in [0.4, 0.5) is 4.79 Å². The summed E-state index contributed by atoms with van der Waals surface area (Å²) < 4.78 is 15.4. The van der Waals surface area contributed by atoms with Crippen molar-refractivity contribution in [1.29, 1.82) is 0 Å². The van der Waals surface area contributed by atoms with Crippen LogP contribution in [0, 0.1) is 0 Å². The fourth-order valence-electron chi connectivity index (χ4n) is 2.83. The van der Waals surface area contributed by atoms with Crippen LogP contribution in [0.3, 0.4) is 0 Å². The number of nitrogens with zero attached hydrogens (tertiary/aromatic N) is 1. The zero-order chi connectivity index (χ0) is 25.0. The van der Waals surface area contributed by atoms with E-state index in [1.807, 2.05) is 30.3 Å². The first-order chi connectivity index (χ1) is 16.2. The number of carbonyl (C=O) groups excluding carboxylic acids is 3. The molecule has 0 saturated carbocycles. The van der Waals surface area contributed by atoms with Crippen molar-refractivity contribution in [2.45, 2.75) is 39.4 Å². The summed E-state index contributed by atoms with van der Waals surface area (Å²) in [7, 11) is 1.25. The number of carbonyl (C=O) groups is 3. The lowest BCUT2D eigenvalue weighted by Gasteiger charge is -2.22. The topological polar surface area (TPSA) is 103 Å². The zero-order valence-electron chi connectivity index (χ0n) is 20.0. The highest BCUT2D eigenvalue weighted by molar-refractivity contribution is 5.93. The van der Waals surface area contributed by atoms with E-state index in [1.54, 1.807) is 32.9 Å². The quantitative estimate of drug-likeness (QED) is 0.300. The summed E-state index contributed by atoms with van der Waals surface area (Å²) >= 11 is 0. The number of rotatable bonds is 11. The van der Waals surface area contributed by atoms with E-state index in [0.717, 1.165) is 10.6 Å². The predicted octanol–water partition coefficient (Wildman–Crippen LogP) is 3.73. The van der Waals surface area contributed by atoms with Crippen LogP contribution in [0.2, 0.25) is 0 Å². The lowest BCUT2D eigenvalue weighted by molar-refractivity contribution is -0.153. The fourth-order valence-corrected chi connectivity index (χ4v) is 2.83. The number of hydrogen-bond donors (Lipinski definition) is 1. The fraction of sp³-hybridized carbons (Fsp3) is 0.400. The Balaban J connectivity index is 1.97. The van der Waals surface area contributed by atoms with Crippen molar-refractivity contribution < 1.29 is 33.4 Å². The Labute approximate surface area is 199 Å². The van der Waals surface area contributed by atoms with Crippen LogP contribution in [-0.4, -0.2) is 55.4 Å². The van der Waals surface area contributed by atoms with Crippen molar-refractivity contribution >= 4 is 18.0 Å². The second kappa shape index (κ2) is 13.3. The molecule has 184 valence electrons. The van der Waals surface area contributed by atoms with Gasteiger partial charge < -0.3 is 19.5 Å². The molecule has 2 aromatic carbocycles. The van der Waals surface area contributed by atoms with Crippen molar-refractivity contribution in [1.82, 2.24) is 10.4 Å². The number of benzene rings is 2. The summed E-state index contributed by atoms with van der Waals surface area (Å²) in [4.78, 5) is 42.3. The maximum Gasteiger partial charge on any atom is 0.439 e. The summed E-state index contributed by atoms with van der Waals surface area (Å²) in [5.41, 5.74) is 0.448. The Hall–Kier alpha value is -3.43. The van der Waals surface area contributed by atoms with Crippen LogP contribution in [0.15, 0.2) is 54.6 Å². The van der Waals surface area contributed by atoms with E-state index in [9.17, 15) is 14.4 Å². The predicted molar refractivity (Wildman–Crippen MR) is 125 cm³/mol. The van der Waals surface area contributed by atoms with Crippen molar-refractivity contribution in [3.63, 3.8) is 0 Å². The van der Waals surface area contributed by atoms with E-state index in [2.05, 4.69) is 5.32 Å². The van der Waals surface area contributed by atoms with Crippen LogP contribution < -0.4 is 10.1 Å². The maximum absolute atomic E-state index is 12.9. The summed E-state index contributed by atoms with van der Waals surface area (Å²) in [5.74, 6) is -0.911. The van der Waals surface area contributed by atoms with Gasteiger partial charge in [0.25, 0.3) is 0 Å². The molecule has 2 aromatic rings. The third kappa shape index (κ3) is 9.60. The summed E-state index contributed by atoms with van der Waals surface area (Å²) in [6.45, 7) is 6.24. The number of methoxy groups -OCH3 is 1. The van der Waals surface area contributed by atoms with E-state index < -0.39 is 17.7 Å². The number of para-hydroxylation sites is 1. The standard InChI is InChI=1S/C25H32N2O7/c1-25(2,3)34-22(28)17-26-15-10-16-27(32-18-19-11-6-5-7-12-19)24(30)33-21-14-9-8-13-20(21)23(29)31-4/h5-9,11-14,26H,10,15-18H2,1-4H3. The molecule has 0 heterocycles. The van der Waals surface area contributed by atoms with Gasteiger partial charge in [0, 0.05) is 0 Å². The molecule has 0 radical (unpaired) electrons. The van der Waals surface area contributed by atoms with Crippen LogP contribution in [0.1, 0.15) is 43.1 Å². The van der Waals surface area contributed by atoms with E-state index in [4.69, 9.17) is 19.0 Å². The van der Waals surface area contributed by atoms with Crippen molar-refractivity contribution in [2.24, 2.45) is 0 Å². The molecular weight excluding hydrogens is 440 g/mol. The van der Waals surface area contributed by atoms with Crippen LogP contribution in [0.25, 0.3) is 0 Å². The number of hydroxylamine groups is 2. The van der Waals surface area contributed by atoms with Gasteiger partial charge in [-0.25, -0.2) is 9.59 Å². The van der Waals surface area contributed by atoms with Crippen LogP contribution in [-0.2, 0) is 25.7 Å². The van der Waals surface area contributed by atoms with Gasteiger partial charge in [0.2, 0.25) is 0 Å². The van der Waals surface area contributed by atoms with E-state index in [0.29, 0.717) is 13.0 Å². The molecule has 34 heavy (non-hydrogen) atoms. The molecule has 1 N–H and O–H groups in total. The summed E-state index contributed by atoms with van der Waals surface area (Å²) in [6.07, 6.45) is -0.301. The minimum absolute atomic E-state index is 0.0547. The normalized spacial score (nSPS) is 10.9. The summed E-state index contributed by atoms with van der Waals surface area (Å²) in [6, 6.07) is 15.7. The molecular formula is C25H32N2O7. The number of esters is 2. The highest BCUT2D eigenvalue weighted by atomic mass is 16.7. The molecule has 0 bridgehead atoms. The van der Waals surface area contributed by atoms with Gasteiger partial charge in [-0.1, -0.05) is 42.5 Å². The number of amides is 1. The Kier molecular flexibility index (Phi) is 10.5. The molecule has 0 saturated heterocycles. The van der Waals surface area contributed by atoms with Crippen LogP contribution >= 0.6 is 0 Å². The van der Waals surface area contributed by atoms with Gasteiger partial charge in [-0.05, 0) is 51.4 Å². The lowest BCUT2D eigenvalue weighted by Crippen LogP contribution is -2.37. The minimum atomic E-state index is -0.778. The largest absolute Gasteiger partial charge is 0.465 e. The van der Waals surface area contributed by atoms with E-state index in [-0.39, 0.29) is 37.0 Å². The molecule has 0 aliphatic rings. The summed E-state index contributed by atoms with van der Waals surface area (Å²) in [5, 5.41) is 4.08. The third-order valence-corrected chi connectivity index (χ3v) is 4.33. The molecule has 9 nitrogen and oxygen atoms in total. The molecule has 0 aliphatic carbocycles. The van der Waals surface area contributed by atoms with E-state index >= 15 is 0 Å². The molecule has 0 aliphatic heterocycles. The van der Waals surface area contributed by atoms with Crippen LogP contribution in [0.5, 0.6) is 5.75 Å². The van der Waals surface area contributed by atoms with Gasteiger partial charge in [0.1, 0.15) is 23.5 Å². The van der Waals surface area contributed by atoms with Gasteiger partial charge in [0.05, 0.1) is 20.2 Å². The molecule has 9 heteroatoms. The zero-order valence-corrected chi connectivity index (χ0v) is 20.0. The lowest BCUT2D eigenvalue weighted by atomic mass is 10.2. The molecule has 0 aromatic heterocycles. The molecule has 0 atom stereocenters. The molecule has 1 amide bonds. The van der Waals surface area contributed by atoms with Crippen molar-refractivity contribution in [2.75, 3.05) is 26.7 Å². The highest BCUT2D eigenvalue weighted by Gasteiger charge is 2.21. The SMILES string of the molecule is COC(=O)c1ccccc1OC(=O)N(CCCNCC(=O)OC(C)(C)C)OCc1ccccc1. The second-order valence-electron chi connectivity index (χ2n) is 8.33. The van der Waals surface area contributed by atoms with Crippen molar-refractivity contribution in [3.05, 3.63) is 65.7 Å². The second-order valence-corrected chi connectivity index (χ2v) is 8.33. The monoisotopic (exact) mass is 472 g/mol. The van der Waals surface area contributed by atoms with Gasteiger partial charge in [0.15, 0.2) is 0 Å². The Morgan fingerprint density at radius 2 is 1.65 bits per heavy atom. The Bertz CT molecular complexity index is 942. The smallest absolute Gasteiger partial charge is 0.439 e. The van der Waals surface area contributed by atoms with Gasteiger partial charge in [-0.2, -0.15) is 5.06 Å². The average Bonchev–Trinajstić information content (AvgIpc) is 2.80. The van der Waals surface area contributed by atoms with Crippen molar-refractivity contribution in [3.8, 4) is 5.75 Å². The molecule has 2 rings (SSSR count). The molecule has 0 unspecified atom stereocenters. The first-order valence-corrected chi connectivity index (χ1v) is 11.0. The maximum atomic E-state index is 12.9. The highest BCUT2D eigenvalue weighted by Crippen LogP contribution is 2.20. The third-order valence-electron chi connectivity index (χ3n) is 4.33. The Morgan fingerprint density at radius 1 is 0.971 bits per heavy atom. The number of ether oxygens (including phenoxy) is 3. The number of hydrogen-bond acceptors (Lipinski definition) is 8. The average molecular weight is 473 g/mol. The molecule has 0 spiro atoms. The first kappa shape index (κ1) is 26.8. The minimum Gasteiger partial charge on any atom is -0.465 e. The van der Waals surface area contributed by atoms with E-state index in [1.165, 1.54) is 19.2 Å². The molecule has 0 fully saturated rings. The number of nitrogens with one attached hydrogen (secondary N) is 1.